The molecule has 5 rings (SSSR count). The van der Waals surface area contributed by atoms with Crippen LogP contribution in [0.4, 0.5) is 0 Å². The quantitative estimate of drug-likeness (QED) is 0.239. The molecule has 4 nitrogen and oxygen atoms in total. The molecule has 188 valence electrons. The molecular formula is C34H32N4. The maximum Gasteiger partial charge on any atom is 0.0737 e. The molecule has 3 aromatic rings. The van der Waals surface area contributed by atoms with Crippen molar-refractivity contribution < 1.29 is 0 Å². The summed E-state index contributed by atoms with van der Waals surface area (Å²) in [5, 5.41) is 0. The van der Waals surface area contributed by atoms with Gasteiger partial charge in [-0.25, -0.2) is 9.97 Å². The van der Waals surface area contributed by atoms with Crippen LogP contribution in [0.5, 0.6) is 0 Å². The SMILES string of the molecule is C=C/C=C(\C=C)c1c2nc(c(C)c3nc(c(C(/C=C\C)=C/C)c4ccc([nH]4)c(C)c4ccc1[nH]4)C=C3)C=C2. The number of aromatic nitrogens is 4. The molecule has 8 bridgehead atoms. The summed E-state index contributed by atoms with van der Waals surface area (Å²) in [6.45, 7) is 16.3. The molecule has 2 aliphatic heterocycles. The second-order valence-electron chi connectivity index (χ2n) is 9.31. The highest BCUT2D eigenvalue weighted by atomic mass is 14.8. The normalized spacial score (nSPS) is 13.5. The van der Waals surface area contributed by atoms with Crippen LogP contribution in [0.15, 0.2) is 73.9 Å². The van der Waals surface area contributed by atoms with Gasteiger partial charge in [0, 0.05) is 38.8 Å². The molecule has 38 heavy (non-hydrogen) atoms. The molecule has 3 aromatic heterocycles. The Labute approximate surface area is 223 Å². The average Bonchev–Trinajstić information content (AvgIpc) is 3.74. The zero-order valence-corrected chi connectivity index (χ0v) is 22.4. The first kappa shape index (κ1) is 25.0. The molecule has 0 saturated carbocycles. The maximum absolute atomic E-state index is 5.08. The van der Waals surface area contributed by atoms with Gasteiger partial charge >= 0.3 is 0 Å². The molecule has 0 spiro atoms. The van der Waals surface area contributed by atoms with Gasteiger partial charge in [-0.05, 0) is 93.0 Å². The summed E-state index contributed by atoms with van der Waals surface area (Å²) in [5.74, 6) is 0. The summed E-state index contributed by atoms with van der Waals surface area (Å²) in [4.78, 5) is 17.4. The minimum absolute atomic E-state index is 0.871. The molecule has 0 atom stereocenters. The Morgan fingerprint density at radius 3 is 1.66 bits per heavy atom. The summed E-state index contributed by atoms with van der Waals surface area (Å²) >= 11 is 0. The van der Waals surface area contributed by atoms with Crippen LogP contribution in [0.3, 0.4) is 0 Å². The molecule has 0 aromatic carbocycles. The predicted octanol–water partition coefficient (Wildman–Crippen LogP) is 9.01. The second kappa shape index (κ2) is 10.3. The molecule has 5 heterocycles. The van der Waals surface area contributed by atoms with Crippen molar-refractivity contribution in [3.8, 4) is 0 Å². The monoisotopic (exact) mass is 496 g/mol. The minimum Gasteiger partial charge on any atom is -0.355 e. The van der Waals surface area contributed by atoms with Gasteiger partial charge in [0.15, 0.2) is 0 Å². The summed E-state index contributed by atoms with van der Waals surface area (Å²) in [7, 11) is 0. The van der Waals surface area contributed by atoms with E-state index in [4.69, 9.17) is 9.97 Å². The van der Waals surface area contributed by atoms with Gasteiger partial charge in [0.25, 0.3) is 0 Å². The molecule has 0 amide bonds. The number of hydrogen-bond donors (Lipinski definition) is 2. The number of hydrogen-bond acceptors (Lipinski definition) is 2. The number of aryl methyl sites for hydroxylation is 1. The lowest BCUT2D eigenvalue weighted by atomic mass is 10.0. The predicted molar refractivity (Wildman–Crippen MR) is 165 cm³/mol. The molecule has 0 radical (unpaired) electrons. The molecule has 2 aliphatic rings. The lowest BCUT2D eigenvalue weighted by molar-refractivity contribution is 1.21. The van der Waals surface area contributed by atoms with Crippen molar-refractivity contribution in [2.75, 3.05) is 0 Å². The van der Waals surface area contributed by atoms with E-state index in [1.54, 1.807) is 6.08 Å². The standard InChI is InChI=1S/C34H32N4/c1-7-11-23(9-3)33-29-17-13-25(35-29)21(5)27-15-19-31(37-27)34(24(10-4)12-8-2)32-20-16-28(38-32)22(6)26-14-18-30(33)36-26/h7-20,35,37H,1,3H2,2,4-6H3/b12-8-,23-11+,24-10+,25-21?,26-22?,27-21?,28-22?,33-29?,33-30?,34-31?,34-32?. The molecule has 2 N–H and O–H groups in total. The number of rotatable bonds is 5. The Bertz CT molecular complexity index is 1780. The van der Waals surface area contributed by atoms with Crippen molar-refractivity contribution >= 4 is 57.5 Å². The van der Waals surface area contributed by atoms with Gasteiger partial charge in [-0.3, -0.25) is 0 Å². The Morgan fingerprint density at radius 1 is 0.684 bits per heavy atom. The Balaban J connectivity index is 1.99. The van der Waals surface area contributed by atoms with Gasteiger partial charge in [0.05, 0.1) is 22.8 Å². The van der Waals surface area contributed by atoms with Crippen LogP contribution in [-0.4, -0.2) is 19.9 Å². The summed E-state index contributed by atoms with van der Waals surface area (Å²) < 4.78 is 0. The van der Waals surface area contributed by atoms with Crippen molar-refractivity contribution in [2.45, 2.75) is 27.7 Å². The van der Waals surface area contributed by atoms with Gasteiger partial charge < -0.3 is 9.97 Å². The fraction of sp³-hybridized carbons (Fsp3) is 0.118. The molecule has 0 aliphatic carbocycles. The van der Waals surface area contributed by atoms with E-state index < -0.39 is 0 Å². The molecular weight excluding hydrogens is 464 g/mol. The number of allylic oxidation sites excluding steroid dienone is 8. The molecule has 0 saturated heterocycles. The molecule has 0 unspecified atom stereocenters. The fourth-order valence-corrected chi connectivity index (χ4v) is 4.98. The first-order valence-electron chi connectivity index (χ1n) is 12.8. The van der Waals surface area contributed by atoms with Crippen LogP contribution < -0.4 is 0 Å². The first-order chi connectivity index (χ1) is 18.5. The Kier molecular flexibility index (Phi) is 6.80. The van der Waals surface area contributed by atoms with Crippen molar-refractivity contribution in [2.24, 2.45) is 0 Å². The van der Waals surface area contributed by atoms with E-state index in [-0.39, 0.29) is 0 Å². The van der Waals surface area contributed by atoms with Gasteiger partial charge in [-0.2, -0.15) is 0 Å². The number of aromatic amines is 2. The topological polar surface area (TPSA) is 57.4 Å². The van der Waals surface area contributed by atoms with E-state index in [9.17, 15) is 0 Å². The van der Waals surface area contributed by atoms with Crippen LogP contribution in [0.2, 0.25) is 0 Å². The van der Waals surface area contributed by atoms with Crippen molar-refractivity contribution in [3.05, 3.63) is 119 Å². The number of H-pyrrole nitrogens is 2. The van der Waals surface area contributed by atoms with E-state index in [2.05, 4.69) is 111 Å². The molecule has 4 heteroatoms. The average molecular weight is 497 g/mol. The van der Waals surface area contributed by atoms with Gasteiger partial charge in [-0.15, -0.1) is 0 Å². The van der Waals surface area contributed by atoms with E-state index in [0.29, 0.717) is 0 Å². The lowest BCUT2D eigenvalue weighted by Gasteiger charge is -2.05. The van der Waals surface area contributed by atoms with E-state index in [1.165, 1.54) is 0 Å². The van der Waals surface area contributed by atoms with Gasteiger partial charge in [-0.1, -0.05) is 49.6 Å². The smallest absolute Gasteiger partial charge is 0.0737 e. The third-order valence-electron chi connectivity index (χ3n) is 7.03. The summed E-state index contributed by atoms with van der Waals surface area (Å²) in [6, 6.07) is 8.49. The highest BCUT2D eigenvalue weighted by Gasteiger charge is 2.16. The van der Waals surface area contributed by atoms with Crippen molar-refractivity contribution in [1.82, 2.24) is 19.9 Å². The summed E-state index contributed by atoms with van der Waals surface area (Å²) in [6.07, 6.45) is 20.2. The lowest BCUT2D eigenvalue weighted by Crippen LogP contribution is -1.91. The largest absolute Gasteiger partial charge is 0.355 e. The van der Waals surface area contributed by atoms with E-state index in [1.807, 2.05) is 19.1 Å². The number of nitrogens with one attached hydrogen (secondary N) is 2. The van der Waals surface area contributed by atoms with Crippen molar-refractivity contribution in [1.29, 1.82) is 0 Å². The Morgan fingerprint density at radius 2 is 1.18 bits per heavy atom. The highest BCUT2D eigenvalue weighted by molar-refractivity contribution is 5.94. The zero-order chi connectivity index (χ0) is 26.8. The number of nitrogens with zero attached hydrogens (tertiary/aromatic N) is 2. The third-order valence-corrected chi connectivity index (χ3v) is 7.03. The number of fused-ring (bicyclic) bond motifs is 8. The third kappa shape index (κ3) is 4.35. The zero-order valence-electron chi connectivity index (χ0n) is 22.4. The molecule has 0 fully saturated rings. The minimum atomic E-state index is 0.871. The maximum atomic E-state index is 5.08. The second-order valence-corrected chi connectivity index (χ2v) is 9.31. The van der Waals surface area contributed by atoms with Crippen LogP contribution in [-0.2, 0) is 0 Å². The first-order valence-corrected chi connectivity index (χ1v) is 12.8. The fourth-order valence-electron chi connectivity index (χ4n) is 4.98. The van der Waals surface area contributed by atoms with E-state index >= 15 is 0 Å². The van der Waals surface area contributed by atoms with E-state index in [0.717, 1.165) is 78.2 Å². The van der Waals surface area contributed by atoms with Crippen LogP contribution in [0.1, 0.15) is 58.9 Å². The van der Waals surface area contributed by atoms with Gasteiger partial charge in [0.1, 0.15) is 0 Å². The highest BCUT2D eigenvalue weighted by Crippen LogP contribution is 2.31. The van der Waals surface area contributed by atoms with Gasteiger partial charge in [0.2, 0.25) is 0 Å². The van der Waals surface area contributed by atoms with Crippen LogP contribution >= 0.6 is 0 Å². The van der Waals surface area contributed by atoms with Crippen molar-refractivity contribution in [3.63, 3.8) is 0 Å². The van der Waals surface area contributed by atoms with Crippen LogP contribution in [0.25, 0.3) is 57.5 Å². The van der Waals surface area contributed by atoms with Crippen LogP contribution in [0, 0.1) is 13.8 Å². The summed E-state index contributed by atoms with van der Waals surface area (Å²) in [5.41, 5.74) is 13.9. The Hall–Kier alpha value is -4.70.